The lowest BCUT2D eigenvalue weighted by molar-refractivity contribution is -0.137. The third-order valence-corrected chi connectivity index (χ3v) is 5.50. The maximum absolute atomic E-state index is 12.6. The summed E-state index contributed by atoms with van der Waals surface area (Å²) >= 11 is 5.93. The molecule has 3 aliphatic rings. The molecular formula is C14H14ClF3N2. The van der Waals surface area contributed by atoms with Crippen molar-refractivity contribution in [3.05, 3.63) is 22.8 Å². The molecule has 2 nitrogen and oxygen atoms in total. The van der Waals surface area contributed by atoms with Crippen LogP contribution in [0.4, 0.5) is 19.0 Å². The van der Waals surface area contributed by atoms with Gasteiger partial charge in [-0.2, -0.15) is 13.2 Å². The van der Waals surface area contributed by atoms with Gasteiger partial charge in [-0.1, -0.05) is 11.6 Å². The summed E-state index contributed by atoms with van der Waals surface area (Å²) < 4.78 is 37.7. The van der Waals surface area contributed by atoms with Gasteiger partial charge in [0, 0.05) is 12.2 Å². The number of anilines is 1. The smallest absolute Gasteiger partial charge is 0.366 e. The molecule has 1 N–H and O–H groups in total. The minimum absolute atomic E-state index is 0.0529. The number of rotatable bonds is 2. The predicted octanol–water partition coefficient (Wildman–Crippen LogP) is 4.21. The molecule has 3 saturated carbocycles. The second-order valence-electron chi connectivity index (χ2n) is 6.21. The number of alkyl halides is 3. The van der Waals surface area contributed by atoms with Gasteiger partial charge in [-0.05, 0) is 49.0 Å². The van der Waals surface area contributed by atoms with Crippen LogP contribution >= 0.6 is 11.6 Å². The summed E-state index contributed by atoms with van der Waals surface area (Å²) in [5.74, 6) is 3.37. The number of fused-ring (bicyclic) bond motifs is 5. The first kappa shape index (κ1) is 12.7. The van der Waals surface area contributed by atoms with Crippen LogP contribution in [0.5, 0.6) is 0 Å². The van der Waals surface area contributed by atoms with Gasteiger partial charge in [-0.3, -0.25) is 0 Å². The van der Waals surface area contributed by atoms with Gasteiger partial charge in [0.05, 0.1) is 10.6 Å². The van der Waals surface area contributed by atoms with Crippen LogP contribution in [-0.2, 0) is 6.18 Å². The van der Waals surface area contributed by atoms with Crippen LogP contribution in [0.2, 0.25) is 5.02 Å². The number of halogens is 4. The maximum atomic E-state index is 12.6. The summed E-state index contributed by atoms with van der Waals surface area (Å²) in [7, 11) is 0. The Balaban J connectivity index is 1.51. The number of pyridine rings is 1. The van der Waals surface area contributed by atoms with E-state index >= 15 is 0 Å². The Hall–Kier alpha value is -0.970. The SMILES string of the molecule is FC(F)(F)c1cnc(NC2C3C4CCC(C4)C23)c(Cl)c1. The van der Waals surface area contributed by atoms with Crippen LogP contribution in [0, 0.1) is 23.7 Å². The summed E-state index contributed by atoms with van der Waals surface area (Å²) in [4.78, 5) is 3.86. The number of aromatic nitrogens is 1. The van der Waals surface area contributed by atoms with Crippen LogP contribution in [0.3, 0.4) is 0 Å². The average Bonchev–Trinajstić information content (AvgIpc) is 2.78. The van der Waals surface area contributed by atoms with E-state index in [-0.39, 0.29) is 5.02 Å². The van der Waals surface area contributed by atoms with Gasteiger partial charge >= 0.3 is 6.18 Å². The summed E-state index contributed by atoms with van der Waals surface area (Å²) in [6, 6.07) is 1.31. The first-order chi connectivity index (χ1) is 9.45. The van der Waals surface area contributed by atoms with E-state index in [4.69, 9.17) is 11.6 Å². The fourth-order valence-corrected chi connectivity index (χ4v) is 4.60. The zero-order valence-electron chi connectivity index (χ0n) is 10.6. The molecule has 4 rings (SSSR count). The molecule has 3 fully saturated rings. The highest BCUT2D eigenvalue weighted by Crippen LogP contribution is 2.66. The van der Waals surface area contributed by atoms with Crippen molar-refractivity contribution in [2.24, 2.45) is 23.7 Å². The van der Waals surface area contributed by atoms with Crippen molar-refractivity contribution in [2.45, 2.75) is 31.5 Å². The van der Waals surface area contributed by atoms with Gasteiger partial charge in [0.2, 0.25) is 0 Å². The van der Waals surface area contributed by atoms with Gasteiger partial charge in [-0.15, -0.1) is 0 Å². The average molecular weight is 303 g/mol. The fourth-order valence-electron chi connectivity index (χ4n) is 4.38. The maximum Gasteiger partial charge on any atom is 0.417 e. The lowest BCUT2D eigenvalue weighted by Gasteiger charge is -2.13. The molecule has 108 valence electrons. The van der Waals surface area contributed by atoms with E-state index in [1.165, 1.54) is 19.3 Å². The molecule has 6 heteroatoms. The lowest BCUT2D eigenvalue weighted by Crippen LogP contribution is -2.14. The molecule has 2 bridgehead atoms. The van der Waals surface area contributed by atoms with Gasteiger partial charge in [0.25, 0.3) is 0 Å². The van der Waals surface area contributed by atoms with Crippen LogP contribution in [-0.4, -0.2) is 11.0 Å². The van der Waals surface area contributed by atoms with Crippen LogP contribution in [0.25, 0.3) is 0 Å². The molecule has 0 aromatic carbocycles. The molecule has 4 atom stereocenters. The number of hydrogen-bond donors (Lipinski definition) is 1. The second kappa shape index (κ2) is 4.03. The normalized spacial score (nSPS) is 37.9. The highest BCUT2D eigenvalue weighted by molar-refractivity contribution is 6.33. The van der Waals surface area contributed by atoms with Crippen molar-refractivity contribution in [2.75, 3.05) is 5.32 Å². The minimum Gasteiger partial charge on any atom is -0.366 e. The van der Waals surface area contributed by atoms with E-state index in [0.29, 0.717) is 23.7 Å². The molecule has 3 aliphatic carbocycles. The molecule has 0 saturated heterocycles. The zero-order chi connectivity index (χ0) is 14.1. The number of hydrogen-bond acceptors (Lipinski definition) is 2. The Labute approximate surface area is 119 Å². The molecule has 1 aromatic heterocycles. The first-order valence-corrected chi connectivity index (χ1v) is 7.32. The number of nitrogens with zero attached hydrogens (tertiary/aromatic N) is 1. The van der Waals surface area contributed by atoms with Gasteiger partial charge in [0.15, 0.2) is 0 Å². The topological polar surface area (TPSA) is 24.9 Å². The van der Waals surface area contributed by atoms with Gasteiger partial charge < -0.3 is 5.32 Å². The third-order valence-electron chi connectivity index (χ3n) is 5.21. The second-order valence-corrected chi connectivity index (χ2v) is 6.62. The Morgan fingerprint density at radius 2 is 1.85 bits per heavy atom. The van der Waals surface area contributed by atoms with Crippen LogP contribution in [0.15, 0.2) is 12.3 Å². The predicted molar refractivity (Wildman–Crippen MR) is 69.5 cm³/mol. The van der Waals surface area contributed by atoms with E-state index in [0.717, 1.165) is 24.1 Å². The van der Waals surface area contributed by atoms with E-state index in [1.54, 1.807) is 0 Å². The molecular weight excluding hydrogens is 289 g/mol. The molecule has 1 aromatic rings. The Morgan fingerprint density at radius 3 is 2.40 bits per heavy atom. The molecule has 0 aliphatic heterocycles. The largest absolute Gasteiger partial charge is 0.417 e. The molecule has 4 unspecified atom stereocenters. The molecule has 0 spiro atoms. The highest BCUT2D eigenvalue weighted by atomic mass is 35.5. The standard InChI is InChI=1S/C14H14ClF3N2/c15-9-4-8(14(16,17)18)5-19-13(9)20-12-10-6-1-2-7(3-6)11(10)12/h4-7,10-12H,1-3H2,(H,19,20). The molecule has 1 heterocycles. The molecule has 0 radical (unpaired) electrons. The van der Waals surface area contributed by atoms with E-state index in [9.17, 15) is 13.2 Å². The monoisotopic (exact) mass is 302 g/mol. The third kappa shape index (κ3) is 1.82. The van der Waals surface area contributed by atoms with Crippen molar-refractivity contribution in [3.8, 4) is 0 Å². The summed E-state index contributed by atoms with van der Waals surface area (Å²) in [5.41, 5.74) is -0.802. The Morgan fingerprint density at radius 1 is 1.20 bits per heavy atom. The van der Waals surface area contributed by atoms with E-state index < -0.39 is 11.7 Å². The van der Waals surface area contributed by atoms with Crippen molar-refractivity contribution in [3.63, 3.8) is 0 Å². The molecule has 0 amide bonds. The van der Waals surface area contributed by atoms with Gasteiger partial charge in [0.1, 0.15) is 5.82 Å². The lowest BCUT2D eigenvalue weighted by atomic mass is 10.0. The molecule has 20 heavy (non-hydrogen) atoms. The van der Waals surface area contributed by atoms with Crippen molar-refractivity contribution >= 4 is 17.4 Å². The zero-order valence-corrected chi connectivity index (χ0v) is 11.4. The fraction of sp³-hybridized carbons (Fsp3) is 0.643. The van der Waals surface area contributed by atoms with Crippen molar-refractivity contribution in [1.29, 1.82) is 0 Å². The summed E-state index contributed by atoms with van der Waals surface area (Å²) in [5, 5.41) is 3.31. The highest BCUT2D eigenvalue weighted by Gasteiger charge is 2.65. The first-order valence-electron chi connectivity index (χ1n) is 6.94. The van der Waals surface area contributed by atoms with Crippen molar-refractivity contribution < 1.29 is 13.2 Å². The number of nitrogens with one attached hydrogen (secondary N) is 1. The summed E-state index contributed by atoms with van der Waals surface area (Å²) in [6.07, 6.45) is 0.392. The van der Waals surface area contributed by atoms with Crippen LogP contribution < -0.4 is 5.32 Å². The summed E-state index contributed by atoms with van der Waals surface area (Å²) in [6.45, 7) is 0. The van der Waals surface area contributed by atoms with E-state index in [2.05, 4.69) is 10.3 Å². The minimum atomic E-state index is -4.40. The van der Waals surface area contributed by atoms with E-state index in [1.807, 2.05) is 0 Å². The van der Waals surface area contributed by atoms with Crippen LogP contribution in [0.1, 0.15) is 24.8 Å². The quantitative estimate of drug-likeness (QED) is 0.885. The Kier molecular flexibility index (Phi) is 2.57. The Bertz CT molecular complexity index is 544. The van der Waals surface area contributed by atoms with Crippen molar-refractivity contribution in [1.82, 2.24) is 4.98 Å². The van der Waals surface area contributed by atoms with Gasteiger partial charge in [-0.25, -0.2) is 4.98 Å².